The van der Waals surface area contributed by atoms with Gasteiger partial charge in [0.1, 0.15) is 5.82 Å². The molecule has 0 aliphatic rings. The summed E-state index contributed by atoms with van der Waals surface area (Å²) in [4.78, 5) is 16.5. The number of halogens is 1. The minimum Gasteiger partial charge on any atom is -0.366 e. The minimum atomic E-state index is -0.0286. The average molecular weight is 376 g/mol. The van der Waals surface area contributed by atoms with E-state index in [0.29, 0.717) is 12.1 Å². The Balaban J connectivity index is 2.03. The van der Waals surface area contributed by atoms with Gasteiger partial charge in [-0.2, -0.15) is 0 Å². The van der Waals surface area contributed by atoms with Crippen LogP contribution in [0.5, 0.6) is 0 Å². The summed E-state index contributed by atoms with van der Waals surface area (Å²) >= 11 is 3.41. The van der Waals surface area contributed by atoms with Crippen LogP contribution >= 0.6 is 15.9 Å². The molecule has 1 amide bonds. The lowest BCUT2D eigenvalue weighted by Gasteiger charge is -2.13. The Morgan fingerprint density at radius 3 is 2.83 bits per heavy atom. The molecule has 0 saturated heterocycles. The van der Waals surface area contributed by atoms with Gasteiger partial charge in [0.15, 0.2) is 0 Å². The Labute approximate surface area is 145 Å². The molecule has 1 aromatic heterocycles. The van der Waals surface area contributed by atoms with Crippen LogP contribution in [0.25, 0.3) is 0 Å². The molecule has 4 nitrogen and oxygen atoms in total. The molecule has 0 radical (unpaired) electrons. The number of anilines is 1. The monoisotopic (exact) mass is 375 g/mol. The summed E-state index contributed by atoms with van der Waals surface area (Å²) in [5.41, 5.74) is 2.81. The molecule has 2 N–H and O–H groups in total. The van der Waals surface area contributed by atoms with Gasteiger partial charge in [0.25, 0.3) is 5.91 Å². The topological polar surface area (TPSA) is 54.0 Å². The highest BCUT2D eigenvalue weighted by Gasteiger charge is 2.09. The molecule has 0 spiro atoms. The number of rotatable bonds is 6. The lowest BCUT2D eigenvalue weighted by atomic mass is 10.1. The zero-order valence-electron chi connectivity index (χ0n) is 13.7. The molecule has 2 aromatic rings. The Bertz CT molecular complexity index is 688. The number of carbonyl (C=O) groups excluding carboxylic acids is 1. The zero-order chi connectivity index (χ0) is 16.8. The zero-order valence-corrected chi connectivity index (χ0v) is 15.3. The van der Waals surface area contributed by atoms with Crippen LogP contribution in [0.3, 0.4) is 0 Å². The van der Waals surface area contributed by atoms with Crippen LogP contribution in [-0.4, -0.2) is 16.9 Å². The lowest BCUT2D eigenvalue weighted by Crippen LogP contribution is -2.31. The van der Waals surface area contributed by atoms with E-state index in [0.717, 1.165) is 27.8 Å². The van der Waals surface area contributed by atoms with Crippen molar-refractivity contribution in [2.75, 3.05) is 5.32 Å². The van der Waals surface area contributed by atoms with Gasteiger partial charge < -0.3 is 10.6 Å². The van der Waals surface area contributed by atoms with Crippen molar-refractivity contribution < 1.29 is 4.79 Å². The molecule has 5 heteroatoms. The van der Waals surface area contributed by atoms with Gasteiger partial charge >= 0.3 is 0 Å². The van der Waals surface area contributed by atoms with Crippen molar-refractivity contribution in [2.24, 2.45) is 0 Å². The van der Waals surface area contributed by atoms with Crippen molar-refractivity contribution in [3.05, 3.63) is 57.7 Å². The number of nitrogens with zero attached hydrogens (tertiary/aromatic N) is 1. The first-order valence-corrected chi connectivity index (χ1v) is 8.54. The van der Waals surface area contributed by atoms with Gasteiger partial charge in [0.2, 0.25) is 0 Å². The van der Waals surface area contributed by atoms with Crippen molar-refractivity contribution in [1.82, 2.24) is 10.3 Å². The van der Waals surface area contributed by atoms with Gasteiger partial charge in [-0.1, -0.05) is 19.1 Å². The number of aryl methyl sites for hydroxylation is 1. The fourth-order valence-corrected chi connectivity index (χ4v) is 2.59. The largest absolute Gasteiger partial charge is 0.366 e. The van der Waals surface area contributed by atoms with Gasteiger partial charge in [0, 0.05) is 28.8 Å². The van der Waals surface area contributed by atoms with E-state index in [1.54, 1.807) is 6.20 Å². The molecule has 1 heterocycles. The van der Waals surface area contributed by atoms with E-state index in [-0.39, 0.29) is 11.9 Å². The molecule has 1 atom stereocenters. The summed E-state index contributed by atoms with van der Waals surface area (Å²) in [6, 6.07) is 9.86. The Hall–Kier alpha value is -1.88. The number of carbonyl (C=O) groups is 1. The Kier molecular flexibility index (Phi) is 6.16. The quantitative estimate of drug-likeness (QED) is 0.791. The van der Waals surface area contributed by atoms with Gasteiger partial charge in [-0.15, -0.1) is 0 Å². The van der Waals surface area contributed by atoms with E-state index in [2.05, 4.69) is 38.5 Å². The molecule has 1 unspecified atom stereocenters. The smallest absolute Gasteiger partial charge is 0.251 e. The van der Waals surface area contributed by atoms with Crippen molar-refractivity contribution in [3.63, 3.8) is 0 Å². The highest BCUT2D eigenvalue weighted by Crippen LogP contribution is 2.17. The fourth-order valence-electron chi connectivity index (χ4n) is 2.14. The maximum absolute atomic E-state index is 12.2. The molecule has 1 aromatic carbocycles. The second kappa shape index (κ2) is 8.11. The first-order valence-electron chi connectivity index (χ1n) is 7.75. The van der Waals surface area contributed by atoms with E-state index < -0.39 is 0 Å². The maximum atomic E-state index is 12.2. The van der Waals surface area contributed by atoms with Gasteiger partial charge in [-0.25, -0.2) is 4.98 Å². The van der Waals surface area contributed by atoms with Gasteiger partial charge in [0.05, 0.1) is 0 Å². The van der Waals surface area contributed by atoms with E-state index in [4.69, 9.17) is 0 Å². The summed E-state index contributed by atoms with van der Waals surface area (Å²) in [5.74, 6) is 0.821. The fraction of sp³-hybridized carbons (Fsp3) is 0.333. The van der Waals surface area contributed by atoms with Crippen molar-refractivity contribution in [2.45, 2.75) is 39.8 Å². The molecule has 0 bridgehead atoms. The molecule has 0 aliphatic carbocycles. The number of nitrogens with one attached hydrogen (secondary N) is 2. The molecule has 122 valence electrons. The second-order valence-corrected chi connectivity index (χ2v) is 6.57. The van der Waals surface area contributed by atoms with E-state index >= 15 is 0 Å². The van der Waals surface area contributed by atoms with Crippen LogP contribution in [0.1, 0.15) is 41.8 Å². The summed E-state index contributed by atoms with van der Waals surface area (Å²) < 4.78 is 0.962. The third kappa shape index (κ3) is 5.06. The Morgan fingerprint density at radius 1 is 1.35 bits per heavy atom. The van der Waals surface area contributed by atoms with Gasteiger partial charge in [-0.3, -0.25) is 4.79 Å². The normalized spacial score (nSPS) is 11.8. The summed E-state index contributed by atoms with van der Waals surface area (Å²) in [7, 11) is 0. The number of amides is 1. The highest BCUT2D eigenvalue weighted by atomic mass is 79.9. The average Bonchev–Trinajstić information content (AvgIpc) is 2.54. The third-order valence-corrected chi connectivity index (χ3v) is 4.12. The van der Waals surface area contributed by atoms with E-state index in [9.17, 15) is 4.79 Å². The SMILES string of the molecule is CCC(C)NC(=O)c1cccc(CNc2ncc(Br)cc2C)c1. The van der Waals surface area contributed by atoms with Crippen molar-refractivity contribution >= 4 is 27.7 Å². The highest BCUT2D eigenvalue weighted by molar-refractivity contribution is 9.10. The summed E-state index contributed by atoms with van der Waals surface area (Å²) in [5, 5.41) is 6.30. The van der Waals surface area contributed by atoms with Crippen LogP contribution < -0.4 is 10.6 Å². The molecule has 23 heavy (non-hydrogen) atoms. The summed E-state index contributed by atoms with van der Waals surface area (Å²) in [6.45, 7) is 6.69. The molecule has 0 saturated carbocycles. The van der Waals surface area contributed by atoms with Crippen molar-refractivity contribution in [3.8, 4) is 0 Å². The van der Waals surface area contributed by atoms with Crippen LogP contribution in [0.15, 0.2) is 41.0 Å². The van der Waals surface area contributed by atoms with Gasteiger partial charge in [-0.05, 0) is 65.5 Å². The summed E-state index contributed by atoms with van der Waals surface area (Å²) in [6.07, 6.45) is 2.69. The number of aromatic nitrogens is 1. The second-order valence-electron chi connectivity index (χ2n) is 5.66. The maximum Gasteiger partial charge on any atom is 0.251 e. The number of hydrogen-bond acceptors (Lipinski definition) is 3. The van der Waals surface area contributed by atoms with Crippen LogP contribution in [0.2, 0.25) is 0 Å². The first kappa shape index (κ1) is 17.5. The minimum absolute atomic E-state index is 0.0286. The molecule has 0 aliphatic heterocycles. The van der Waals surface area contributed by atoms with Crippen LogP contribution in [0.4, 0.5) is 5.82 Å². The molecule has 0 fully saturated rings. The van der Waals surface area contributed by atoms with E-state index in [1.165, 1.54) is 0 Å². The number of benzene rings is 1. The number of hydrogen-bond donors (Lipinski definition) is 2. The molecular weight excluding hydrogens is 354 g/mol. The first-order chi connectivity index (χ1) is 11.0. The third-order valence-electron chi connectivity index (χ3n) is 3.68. The van der Waals surface area contributed by atoms with Crippen LogP contribution in [-0.2, 0) is 6.54 Å². The lowest BCUT2D eigenvalue weighted by molar-refractivity contribution is 0.0939. The Morgan fingerprint density at radius 2 is 2.13 bits per heavy atom. The van der Waals surface area contributed by atoms with Crippen LogP contribution in [0, 0.1) is 6.92 Å². The molecular formula is C18H22BrN3O. The molecule has 2 rings (SSSR count). The predicted molar refractivity (Wildman–Crippen MR) is 97.7 cm³/mol. The number of pyridine rings is 1. The van der Waals surface area contributed by atoms with Crippen molar-refractivity contribution in [1.29, 1.82) is 0 Å². The predicted octanol–water partition coefficient (Wildman–Crippen LogP) is 4.29. The standard InChI is InChI=1S/C18H22BrN3O/c1-4-13(3)22-18(23)15-7-5-6-14(9-15)10-20-17-12(2)8-16(19)11-21-17/h5-9,11,13H,4,10H2,1-3H3,(H,20,21)(H,22,23). The van der Waals surface area contributed by atoms with E-state index in [1.807, 2.05) is 44.2 Å².